The number of alkyl halides is 3. The zero-order valence-corrected chi connectivity index (χ0v) is 8.58. The molecule has 0 aliphatic heterocycles. The van der Waals surface area contributed by atoms with E-state index in [1.165, 1.54) is 0 Å². The van der Waals surface area contributed by atoms with E-state index in [0.717, 1.165) is 0 Å². The minimum Gasteiger partial charge on any atom is -1.00 e. The summed E-state index contributed by atoms with van der Waals surface area (Å²) in [4.78, 5) is 9.54. The smallest absolute Gasteiger partial charge is 1.00 e. The van der Waals surface area contributed by atoms with Gasteiger partial charge in [-0.15, -0.1) is 0 Å². The Bertz CT molecular complexity index is 107. The van der Waals surface area contributed by atoms with Crippen LogP contribution in [0.5, 0.6) is 0 Å². The number of hydrogen-bond donors (Lipinski definition) is 1. The number of hydrogen-bond acceptors (Lipinski definition) is 2. The van der Waals surface area contributed by atoms with E-state index >= 15 is 0 Å². The first-order valence-corrected chi connectivity index (χ1v) is 2.54. The summed E-state index contributed by atoms with van der Waals surface area (Å²) in [5.74, 6) is 0. The van der Waals surface area contributed by atoms with Crippen LogP contribution in [0.15, 0.2) is 0 Å². The van der Waals surface area contributed by atoms with Gasteiger partial charge in [0.2, 0.25) is 0 Å². The average molecular weight is 221 g/mol. The normalized spacial score (nSPS) is 9.67. The van der Waals surface area contributed by atoms with Crippen molar-refractivity contribution in [2.24, 2.45) is 0 Å². The maximum Gasteiger partial charge on any atom is 2.00 e. The molecule has 9 heavy (non-hydrogen) atoms. The zero-order valence-electron chi connectivity index (χ0n) is 6.10. The summed E-state index contributed by atoms with van der Waals surface area (Å²) in [5, 5.41) is 7.77. The molecular formula is C2H3CaCl3O3. The number of carboxylic acid groups (broad SMARTS) is 1. The van der Waals surface area contributed by atoms with Crippen LogP contribution in [0.3, 0.4) is 0 Å². The molecule has 0 saturated heterocycles. The zero-order chi connectivity index (χ0) is 6.78. The maximum absolute atomic E-state index is 9.54. The Kier molecular flexibility index (Phi) is 7.38. The van der Waals surface area contributed by atoms with Gasteiger partial charge in [-0.1, -0.05) is 0 Å². The minimum absolute atomic E-state index is 0. The van der Waals surface area contributed by atoms with Crippen molar-refractivity contribution in [3.63, 3.8) is 0 Å². The Labute approximate surface area is 99.2 Å². The molecule has 0 spiro atoms. The first kappa shape index (κ1) is 13.0. The van der Waals surface area contributed by atoms with Gasteiger partial charge in [0.1, 0.15) is 0 Å². The Morgan fingerprint density at radius 1 is 1.56 bits per heavy atom. The van der Waals surface area contributed by atoms with Crippen LogP contribution in [0.1, 0.15) is 2.85 Å². The summed E-state index contributed by atoms with van der Waals surface area (Å²) in [7, 11) is 0. The van der Waals surface area contributed by atoms with Crippen LogP contribution in [0.25, 0.3) is 0 Å². The SMILES string of the molecule is O=C(O)OC(Cl)(Cl)Cl.[Ca+2].[H-].[H-]. The molecule has 3 nitrogen and oxygen atoms in total. The van der Waals surface area contributed by atoms with E-state index in [1.807, 2.05) is 0 Å². The Balaban J connectivity index is -0.0000000817. The second-order valence-electron chi connectivity index (χ2n) is 0.814. The topological polar surface area (TPSA) is 46.5 Å². The van der Waals surface area contributed by atoms with Gasteiger partial charge in [0.15, 0.2) is 0 Å². The van der Waals surface area contributed by atoms with Gasteiger partial charge >= 0.3 is 47.9 Å². The molecule has 0 aliphatic carbocycles. The van der Waals surface area contributed by atoms with E-state index in [1.54, 1.807) is 0 Å². The van der Waals surface area contributed by atoms with E-state index in [-0.39, 0.29) is 40.6 Å². The summed E-state index contributed by atoms with van der Waals surface area (Å²) in [6, 6.07) is 0. The maximum atomic E-state index is 9.54. The molecule has 0 atom stereocenters. The van der Waals surface area contributed by atoms with Crippen molar-refractivity contribution in [3.05, 3.63) is 0 Å². The van der Waals surface area contributed by atoms with Crippen LogP contribution >= 0.6 is 34.8 Å². The van der Waals surface area contributed by atoms with Crippen LogP contribution in [0, 0.1) is 0 Å². The molecule has 0 rings (SSSR count). The molecule has 0 aromatic rings. The fraction of sp³-hybridized carbons (Fsp3) is 0.500. The molecule has 0 heterocycles. The van der Waals surface area contributed by atoms with Gasteiger partial charge in [-0.3, -0.25) is 0 Å². The minimum atomic E-state index is -2.16. The first-order chi connectivity index (χ1) is 3.42. The van der Waals surface area contributed by atoms with E-state index in [4.69, 9.17) is 39.9 Å². The summed E-state index contributed by atoms with van der Waals surface area (Å²) < 4.78 is 1.49. The van der Waals surface area contributed by atoms with E-state index < -0.39 is 10.1 Å². The van der Waals surface area contributed by atoms with Crippen LogP contribution in [-0.2, 0) is 4.74 Å². The van der Waals surface area contributed by atoms with Gasteiger partial charge in [-0.25, -0.2) is 4.79 Å². The van der Waals surface area contributed by atoms with Gasteiger partial charge in [-0.2, -0.15) is 0 Å². The number of halogens is 3. The first-order valence-electron chi connectivity index (χ1n) is 1.40. The van der Waals surface area contributed by atoms with Crippen LogP contribution in [0.4, 0.5) is 4.79 Å². The van der Waals surface area contributed by atoms with Crippen molar-refractivity contribution in [2.45, 2.75) is 3.98 Å². The van der Waals surface area contributed by atoms with Crippen molar-refractivity contribution < 1.29 is 17.5 Å². The van der Waals surface area contributed by atoms with Gasteiger partial charge in [0.05, 0.1) is 0 Å². The Morgan fingerprint density at radius 2 is 1.89 bits per heavy atom. The average Bonchev–Trinajstić information content (AvgIpc) is 1.21. The molecule has 0 bridgehead atoms. The molecule has 7 heteroatoms. The molecule has 0 amide bonds. The third-order valence-electron chi connectivity index (χ3n) is 0.203. The molecule has 0 aliphatic rings. The third kappa shape index (κ3) is 12.6. The largest absolute Gasteiger partial charge is 2.00 e. The predicted octanol–water partition coefficient (Wildman–Crippen LogP) is 1.85. The predicted molar refractivity (Wildman–Crippen MR) is 37.4 cm³/mol. The molecule has 0 fully saturated rings. The van der Waals surface area contributed by atoms with Gasteiger partial charge in [0, 0.05) is 0 Å². The quantitative estimate of drug-likeness (QED) is 0.386. The molecule has 0 unspecified atom stereocenters. The monoisotopic (exact) mass is 220 g/mol. The summed E-state index contributed by atoms with van der Waals surface area (Å²) >= 11 is 14.6. The summed E-state index contributed by atoms with van der Waals surface area (Å²) in [6.07, 6.45) is -1.62. The summed E-state index contributed by atoms with van der Waals surface area (Å²) in [6.45, 7) is 0. The van der Waals surface area contributed by atoms with Crippen molar-refractivity contribution in [1.29, 1.82) is 0 Å². The molecule has 1 N–H and O–H groups in total. The Hall–Kier alpha value is 1.40. The fourth-order valence-corrected chi connectivity index (χ4v) is 0.297. The molecule has 0 aromatic carbocycles. The molecule has 0 saturated carbocycles. The van der Waals surface area contributed by atoms with Crippen LogP contribution in [-0.4, -0.2) is 53.0 Å². The molecular weight excluding hydrogens is 218 g/mol. The van der Waals surface area contributed by atoms with Crippen molar-refractivity contribution in [3.8, 4) is 0 Å². The van der Waals surface area contributed by atoms with Crippen molar-refractivity contribution >= 4 is 78.7 Å². The van der Waals surface area contributed by atoms with Gasteiger partial charge in [0.25, 0.3) is 0 Å². The third-order valence-corrected chi connectivity index (χ3v) is 0.434. The van der Waals surface area contributed by atoms with Crippen LogP contribution < -0.4 is 0 Å². The molecule has 0 aromatic heterocycles. The van der Waals surface area contributed by atoms with Gasteiger partial charge < -0.3 is 12.7 Å². The van der Waals surface area contributed by atoms with Crippen LogP contribution in [0.2, 0.25) is 0 Å². The van der Waals surface area contributed by atoms with E-state index in [9.17, 15) is 4.79 Å². The standard InChI is InChI=1S/C2HCl3O3.Ca.2H/c3-2(4,5)8-1(6)7;;;/h(H,6,7);;;/q;+2;2*-1. The van der Waals surface area contributed by atoms with Crippen molar-refractivity contribution in [2.75, 3.05) is 0 Å². The number of carbonyl (C=O) groups is 1. The van der Waals surface area contributed by atoms with Gasteiger partial charge in [-0.05, 0) is 34.8 Å². The summed E-state index contributed by atoms with van der Waals surface area (Å²) in [5.41, 5.74) is 0. The van der Waals surface area contributed by atoms with E-state index in [0.29, 0.717) is 0 Å². The van der Waals surface area contributed by atoms with Crippen molar-refractivity contribution in [1.82, 2.24) is 0 Å². The number of rotatable bonds is 0. The molecule has 0 radical (unpaired) electrons. The van der Waals surface area contributed by atoms with E-state index in [2.05, 4.69) is 4.74 Å². The molecule has 52 valence electrons. The fourth-order valence-electron chi connectivity index (χ4n) is 0.0990. The second kappa shape index (κ2) is 5.10. The number of ether oxygens (including phenoxy) is 1. The second-order valence-corrected chi connectivity index (χ2v) is 2.99. The Morgan fingerprint density at radius 3 is 1.89 bits per heavy atom.